The first-order valence-corrected chi connectivity index (χ1v) is 6.43. The van der Waals surface area contributed by atoms with Crippen LogP contribution in [0.4, 0.5) is 0 Å². The van der Waals surface area contributed by atoms with Gasteiger partial charge in [0, 0.05) is 6.42 Å². The number of amides is 1. The maximum Gasteiger partial charge on any atom is 0.328 e. The highest BCUT2D eigenvalue weighted by molar-refractivity contribution is 7.80. The van der Waals surface area contributed by atoms with Crippen LogP contribution in [-0.2, 0) is 9.59 Å². The van der Waals surface area contributed by atoms with Crippen molar-refractivity contribution in [2.75, 3.05) is 5.75 Å². The van der Waals surface area contributed by atoms with Gasteiger partial charge >= 0.3 is 5.97 Å². The van der Waals surface area contributed by atoms with Gasteiger partial charge in [0.15, 0.2) is 6.04 Å². The van der Waals surface area contributed by atoms with Crippen molar-refractivity contribution >= 4 is 24.5 Å². The number of carbonyl (C=O) groups is 2. The van der Waals surface area contributed by atoms with E-state index in [1.807, 2.05) is 0 Å². The van der Waals surface area contributed by atoms with E-state index in [1.54, 1.807) is 0 Å². The molecule has 0 aromatic heterocycles. The molecule has 0 aliphatic rings. The van der Waals surface area contributed by atoms with Gasteiger partial charge in [0.05, 0.1) is 6.10 Å². The summed E-state index contributed by atoms with van der Waals surface area (Å²) < 4.78 is 0. The molecule has 0 radical (unpaired) electrons. The molecule has 0 fully saturated rings. The van der Waals surface area contributed by atoms with Crippen LogP contribution in [0.1, 0.15) is 39.0 Å². The average Bonchev–Trinajstić information content (AvgIpc) is 2.24. The molecule has 2 unspecified atom stereocenters. The molecule has 0 aromatic carbocycles. The van der Waals surface area contributed by atoms with Gasteiger partial charge in [-0.05, 0) is 25.5 Å². The molecular formula is C11H21NO4S. The van der Waals surface area contributed by atoms with Crippen molar-refractivity contribution in [2.45, 2.75) is 51.2 Å². The van der Waals surface area contributed by atoms with E-state index in [2.05, 4.69) is 17.9 Å². The topological polar surface area (TPSA) is 86.6 Å². The standard InChI is InChI=1S/C11H21NO4S/c1-8(13)10(11(15)16)12-9(14)6-4-2-3-5-7-17/h8,10,13,17H,2-7H2,1H3,(H,12,14)(H,15,16). The fraction of sp³-hybridized carbons (Fsp3) is 0.818. The van der Waals surface area contributed by atoms with Gasteiger partial charge in [0.2, 0.25) is 5.91 Å². The Balaban J connectivity index is 3.80. The lowest BCUT2D eigenvalue weighted by Gasteiger charge is -2.16. The van der Waals surface area contributed by atoms with E-state index < -0.39 is 18.1 Å². The summed E-state index contributed by atoms with van der Waals surface area (Å²) in [7, 11) is 0. The van der Waals surface area contributed by atoms with Crippen molar-refractivity contribution in [2.24, 2.45) is 0 Å². The molecule has 0 saturated heterocycles. The van der Waals surface area contributed by atoms with E-state index in [9.17, 15) is 9.59 Å². The van der Waals surface area contributed by atoms with Crippen LogP contribution in [0.2, 0.25) is 0 Å². The second-order valence-electron chi connectivity index (χ2n) is 4.01. The summed E-state index contributed by atoms with van der Waals surface area (Å²) in [6.45, 7) is 1.34. The van der Waals surface area contributed by atoms with Crippen LogP contribution in [0.5, 0.6) is 0 Å². The number of rotatable bonds is 9. The monoisotopic (exact) mass is 263 g/mol. The lowest BCUT2D eigenvalue weighted by molar-refractivity contribution is -0.144. The molecular weight excluding hydrogens is 242 g/mol. The molecule has 0 saturated carbocycles. The summed E-state index contributed by atoms with van der Waals surface area (Å²) in [5, 5.41) is 20.2. The first-order valence-electron chi connectivity index (χ1n) is 5.80. The third-order valence-corrected chi connectivity index (χ3v) is 2.69. The van der Waals surface area contributed by atoms with Crippen molar-refractivity contribution in [1.82, 2.24) is 5.32 Å². The molecule has 100 valence electrons. The number of nitrogens with one attached hydrogen (secondary N) is 1. The molecule has 6 heteroatoms. The Labute approximate surface area is 107 Å². The van der Waals surface area contributed by atoms with Crippen molar-refractivity contribution in [1.29, 1.82) is 0 Å². The summed E-state index contributed by atoms with van der Waals surface area (Å²) in [6.07, 6.45) is 2.90. The zero-order chi connectivity index (χ0) is 13.3. The van der Waals surface area contributed by atoms with E-state index in [0.717, 1.165) is 31.4 Å². The average molecular weight is 263 g/mol. The predicted octanol–water partition coefficient (Wildman–Crippen LogP) is 0.817. The first-order chi connectivity index (χ1) is 7.99. The number of thiol groups is 1. The maximum atomic E-state index is 11.4. The highest BCUT2D eigenvalue weighted by Crippen LogP contribution is 2.04. The quantitative estimate of drug-likeness (QED) is 0.366. The molecule has 5 nitrogen and oxygen atoms in total. The number of hydrogen-bond acceptors (Lipinski definition) is 4. The Hall–Kier alpha value is -0.750. The SMILES string of the molecule is CC(O)C(NC(=O)CCCCCCS)C(=O)O. The Morgan fingerprint density at radius 3 is 2.29 bits per heavy atom. The molecule has 2 atom stereocenters. The zero-order valence-electron chi connectivity index (χ0n) is 10.1. The fourth-order valence-corrected chi connectivity index (χ4v) is 1.61. The van der Waals surface area contributed by atoms with E-state index in [0.29, 0.717) is 6.42 Å². The molecule has 3 N–H and O–H groups in total. The van der Waals surface area contributed by atoms with Crippen LogP contribution in [0, 0.1) is 0 Å². The number of aliphatic carboxylic acids is 1. The Morgan fingerprint density at radius 1 is 1.24 bits per heavy atom. The number of carbonyl (C=O) groups excluding carboxylic acids is 1. The molecule has 0 spiro atoms. The summed E-state index contributed by atoms with van der Waals surface area (Å²) in [5.41, 5.74) is 0. The van der Waals surface area contributed by atoms with Crippen LogP contribution in [0.3, 0.4) is 0 Å². The van der Waals surface area contributed by atoms with Crippen LogP contribution in [0.25, 0.3) is 0 Å². The van der Waals surface area contributed by atoms with Gasteiger partial charge < -0.3 is 15.5 Å². The molecule has 1 amide bonds. The van der Waals surface area contributed by atoms with Gasteiger partial charge in [-0.25, -0.2) is 4.79 Å². The normalized spacial score (nSPS) is 14.1. The van der Waals surface area contributed by atoms with Crippen molar-refractivity contribution in [3.05, 3.63) is 0 Å². The van der Waals surface area contributed by atoms with E-state index in [-0.39, 0.29) is 5.91 Å². The summed E-state index contributed by atoms with van der Waals surface area (Å²) in [5.74, 6) is -0.706. The lowest BCUT2D eigenvalue weighted by Crippen LogP contribution is -2.47. The number of carboxylic acid groups (broad SMARTS) is 1. The highest BCUT2D eigenvalue weighted by Gasteiger charge is 2.24. The first kappa shape index (κ1) is 16.2. The molecule has 0 aromatic rings. The number of aliphatic hydroxyl groups excluding tert-OH is 1. The van der Waals surface area contributed by atoms with Gasteiger partial charge in [0.25, 0.3) is 0 Å². The zero-order valence-corrected chi connectivity index (χ0v) is 10.9. The Morgan fingerprint density at radius 2 is 1.82 bits per heavy atom. The van der Waals surface area contributed by atoms with Crippen LogP contribution in [0.15, 0.2) is 0 Å². The third-order valence-electron chi connectivity index (χ3n) is 2.38. The predicted molar refractivity (Wildman–Crippen MR) is 68.2 cm³/mol. The lowest BCUT2D eigenvalue weighted by atomic mass is 10.1. The van der Waals surface area contributed by atoms with Gasteiger partial charge in [-0.3, -0.25) is 4.79 Å². The number of carboxylic acids is 1. The second kappa shape index (κ2) is 9.30. The van der Waals surface area contributed by atoms with Crippen LogP contribution >= 0.6 is 12.6 Å². The molecule has 0 heterocycles. The minimum absolute atomic E-state index is 0.295. The molecule has 0 bridgehead atoms. The minimum atomic E-state index is -1.22. The number of aliphatic hydroxyl groups is 1. The highest BCUT2D eigenvalue weighted by atomic mass is 32.1. The second-order valence-corrected chi connectivity index (χ2v) is 4.46. The van der Waals surface area contributed by atoms with E-state index in [4.69, 9.17) is 10.2 Å². The summed E-state index contributed by atoms with van der Waals surface area (Å²) in [6, 6.07) is -1.22. The smallest absolute Gasteiger partial charge is 0.328 e. The Kier molecular flexibility index (Phi) is 8.89. The van der Waals surface area contributed by atoms with Gasteiger partial charge in [-0.2, -0.15) is 12.6 Å². The van der Waals surface area contributed by atoms with Gasteiger partial charge in [0.1, 0.15) is 0 Å². The van der Waals surface area contributed by atoms with Crippen LogP contribution < -0.4 is 5.32 Å². The fourth-order valence-electron chi connectivity index (χ4n) is 1.39. The van der Waals surface area contributed by atoms with Gasteiger partial charge in [-0.1, -0.05) is 12.8 Å². The minimum Gasteiger partial charge on any atom is -0.480 e. The molecule has 0 aliphatic carbocycles. The van der Waals surface area contributed by atoms with Gasteiger partial charge in [-0.15, -0.1) is 0 Å². The van der Waals surface area contributed by atoms with Crippen molar-refractivity contribution in [3.63, 3.8) is 0 Å². The number of unbranched alkanes of at least 4 members (excludes halogenated alkanes) is 3. The summed E-state index contributed by atoms with van der Waals surface area (Å²) >= 11 is 4.08. The Bertz CT molecular complexity index is 246. The van der Waals surface area contributed by atoms with Crippen molar-refractivity contribution < 1.29 is 19.8 Å². The molecule has 0 aliphatic heterocycles. The third kappa shape index (κ3) is 8.04. The maximum absolute atomic E-state index is 11.4. The van der Waals surface area contributed by atoms with E-state index >= 15 is 0 Å². The molecule has 0 rings (SSSR count). The van der Waals surface area contributed by atoms with Crippen LogP contribution in [-0.4, -0.2) is 40.0 Å². The van der Waals surface area contributed by atoms with Crippen molar-refractivity contribution in [3.8, 4) is 0 Å². The number of hydrogen-bond donors (Lipinski definition) is 4. The largest absolute Gasteiger partial charge is 0.480 e. The van der Waals surface area contributed by atoms with E-state index in [1.165, 1.54) is 6.92 Å². The molecule has 17 heavy (non-hydrogen) atoms. The summed E-state index contributed by atoms with van der Waals surface area (Å²) in [4.78, 5) is 22.1.